The number of hydrogen-bond acceptors (Lipinski definition) is 3. The van der Waals surface area contributed by atoms with Crippen molar-refractivity contribution in [3.05, 3.63) is 71.8 Å². The molecular weight excluding hydrogens is 308 g/mol. The van der Waals surface area contributed by atoms with E-state index in [1.807, 2.05) is 61.8 Å². The highest BCUT2D eigenvalue weighted by atomic mass is 35.5. The van der Waals surface area contributed by atoms with Crippen molar-refractivity contribution < 1.29 is 0 Å². The lowest BCUT2D eigenvalue weighted by Crippen LogP contribution is -1.98. The molecule has 4 aromatic rings. The predicted octanol–water partition coefficient (Wildman–Crippen LogP) is 4.42. The molecule has 0 bridgehead atoms. The van der Waals surface area contributed by atoms with Crippen LogP contribution in [0.2, 0.25) is 5.15 Å². The van der Waals surface area contributed by atoms with Crippen LogP contribution in [0.3, 0.4) is 0 Å². The van der Waals surface area contributed by atoms with Gasteiger partial charge in [0.15, 0.2) is 10.8 Å². The molecule has 0 aliphatic carbocycles. The molecular formula is C18H13ClN4. The number of imidazole rings is 1. The summed E-state index contributed by atoms with van der Waals surface area (Å²) in [5, 5.41) is 4.85. The van der Waals surface area contributed by atoms with E-state index in [9.17, 15) is 0 Å². The number of rotatable bonds is 2. The van der Waals surface area contributed by atoms with E-state index >= 15 is 0 Å². The molecule has 0 fully saturated rings. The van der Waals surface area contributed by atoms with Gasteiger partial charge in [-0.05, 0) is 24.6 Å². The van der Waals surface area contributed by atoms with Gasteiger partial charge in [-0.1, -0.05) is 41.9 Å². The zero-order chi connectivity index (χ0) is 15.8. The minimum atomic E-state index is 0.422. The van der Waals surface area contributed by atoms with Gasteiger partial charge in [0.05, 0.1) is 11.9 Å². The van der Waals surface area contributed by atoms with Gasteiger partial charge >= 0.3 is 0 Å². The molecule has 0 aliphatic heterocycles. The third-order valence-corrected chi connectivity index (χ3v) is 4.02. The van der Waals surface area contributed by atoms with E-state index in [4.69, 9.17) is 11.6 Å². The zero-order valence-electron chi connectivity index (χ0n) is 12.4. The van der Waals surface area contributed by atoms with E-state index < -0.39 is 0 Å². The van der Waals surface area contributed by atoms with Crippen LogP contribution in [0.1, 0.15) is 5.56 Å². The molecule has 0 radical (unpaired) electrons. The summed E-state index contributed by atoms with van der Waals surface area (Å²) >= 11 is 6.26. The minimum Gasteiger partial charge on any atom is -0.264 e. The molecule has 0 amide bonds. The number of aryl methyl sites for hydroxylation is 1. The third kappa shape index (κ3) is 2.37. The van der Waals surface area contributed by atoms with Crippen LogP contribution in [0.5, 0.6) is 0 Å². The maximum atomic E-state index is 6.26. The van der Waals surface area contributed by atoms with Gasteiger partial charge in [-0.2, -0.15) is 5.10 Å². The summed E-state index contributed by atoms with van der Waals surface area (Å²) in [6, 6.07) is 13.8. The summed E-state index contributed by atoms with van der Waals surface area (Å²) in [5.74, 6) is 0. The maximum absolute atomic E-state index is 6.26. The lowest BCUT2D eigenvalue weighted by atomic mass is 10.1. The van der Waals surface area contributed by atoms with Crippen LogP contribution < -0.4 is 0 Å². The van der Waals surface area contributed by atoms with Crippen molar-refractivity contribution in [3.8, 4) is 22.4 Å². The summed E-state index contributed by atoms with van der Waals surface area (Å²) in [5.41, 5.74) is 5.78. The van der Waals surface area contributed by atoms with Gasteiger partial charge in [0.25, 0.3) is 0 Å². The highest BCUT2D eigenvalue weighted by Gasteiger charge is 2.14. The summed E-state index contributed by atoms with van der Waals surface area (Å²) in [6.07, 6.45) is 5.43. The van der Waals surface area contributed by atoms with Crippen molar-refractivity contribution in [2.45, 2.75) is 6.92 Å². The zero-order valence-corrected chi connectivity index (χ0v) is 13.2. The second kappa shape index (κ2) is 5.48. The number of pyridine rings is 1. The first-order chi connectivity index (χ1) is 11.2. The molecule has 0 saturated heterocycles. The molecule has 1 aromatic carbocycles. The largest absolute Gasteiger partial charge is 0.264 e. The number of halogens is 1. The van der Waals surface area contributed by atoms with Crippen molar-refractivity contribution >= 4 is 17.2 Å². The summed E-state index contributed by atoms with van der Waals surface area (Å²) in [7, 11) is 0. The molecule has 0 spiro atoms. The van der Waals surface area contributed by atoms with Crippen LogP contribution in [-0.2, 0) is 0 Å². The van der Waals surface area contributed by atoms with Gasteiger partial charge in [-0.25, -0.2) is 9.50 Å². The van der Waals surface area contributed by atoms with Crippen molar-refractivity contribution in [2.24, 2.45) is 0 Å². The second-order valence-corrected chi connectivity index (χ2v) is 5.70. The van der Waals surface area contributed by atoms with E-state index in [1.54, 1.807) is 10.7 Å². The molecule has 23 heavy (non-hydrogen) atoms. The average Bonchev–Trinajstić information content (AvgIpc) is 2.99. The highest BCUT2D eigenvalue weighted by Crippen LogP contribution is 2.30. The first-order valence-corrected chi connectivity index (χ1v) is 7.62. The first kappa shape index (κ1) is 13.9. The van der Waals surface area contributed by atoms with Crippen LogP contribution in [0.15, 0.2) is 61.1 Å². The summed E-state index contributed by atoms with van der Waals surface area (Å²) < 4.78 is 1.79. The Labute approximate surface area is 138 Å². The Morgan fingerprint density at radius 2 is 1.83 bits per heavy atom. The molecule has 5 heteroatoms. The Morgan fingerprint density at radius 1 is 1.00 bits per heavy atom. The molecule has 0 N–H and O–H groups in total. The van der Waals surface area contributed by atoms with Gasteiger partial charge in [0, 0.05) is 29.1 Å². The molecule has 0 unspecified atom stereocenters. The van der Waals surface area contributed by atoms with Crippen LogP contribution in [0.4, 0.5) is 0 Å². The summed E-state index contributed by atoms with van der Waals surface area (Å²) in [6.45, 7) is 2.04. The quantitative estimate of drug-likeness (QED) is 0.549. The van der Waals surface area contributed by atoms with Crippen LogP contribution in [-0.4, -0.2) is 19.6 Å². The molecule has 4 rings (SSSR count). The van der Waals surface area contributed by atoms with E-state index in [1.165, 1.54) is 0 Å². The number of nitrogens with zero attached hydrogens (tertiary/aromatic N) is 4. The lowest BCUT2D eigenvalue weighted by Gasteiger charge is -2.08. The van der Waals surface area contributed by atoms with Crippen LogP contribution in [0.25, 0.3) is 28.0 Å². The van der Waals surface area contributed by atoms with Gasteiger partial charge < -0.3 is 0 Å². The Bertz CT molecular complexity index is 993. The van der Waals surface area contributed by atoms with Crippen molar-refractivity contribution in [1.82, 2.24) is 19.6 Å². The Kier molecular flexibility index (Phi) is 3.32. The average molecular weight is 321 g/mol. The van der Waals surface area contributed by atoms with Crippen LogP contribution >= 0.6 is 11.6 Å². The van der Waals surface area contributed by atoms with Gasteiger partial charge in [-0.3, -0.25) is 4.98 Å². The Balaban J connectivity index is 2.02. The lowest BCUT2D eigenvalue weighted by molar-refractivity contribution is 0.944. The van der Waals surface area contributed by atoms with Crippen LogP contribution in [0, 0.1) is 6.92 Å². The SMILES string of the molecule is Cc1ccncc1-c1cc(Cl)nn2c(-c3ccccc3)cnc12. The number of fused-ring (bicyclic) bond motifs is 1. The van der Waals surface area contributed by atoms with Gasteiger partial charge in [-0.15, -0.1) is 0 Å². The molecule has 0 saturated carbocycles. The number of hydrogen-bond donors (Lipinski definition) is 0. The monoisotopic (exact) mass is 320 g/mol. The van der Waals surface area contributed by atoms with E-state index in [2.05, 4.69) is 15.1 Å². The second-order valence-electron chi connectivity index (χ2n) is 5.32. The predicted molar refractivity (Wildman–Crippen MR) is 91.4 cm³/mol. The minimum absolute atomic E-state index is 0.422. The molecule has 0 aliphatic rings. The standard InChI is InChI=1S/C18H13ClN4/c1-12-7-8-20-10-15(12)14-9-17(19)22-23-16(11-21-18(14)23)13-5-3-2-4-6-13/h2-11H,1H3. The van der Waals surface area contributed by atoms with Crippen molar-refractivity contribution in [1.29, 1.82) is 0 Å². The number of aromatic nitrogens is 4. The fourth-order valence-electron chi connectivity index (χ4n) is 2.69. The van der Waals surface area contributed by atoms with E-state index in [0.29, 0.717) is 5.15 Å². The number of benzene rings is 1. The topological polar surface area (TPSA) is 43.1 Å². The molecule has 0 atom stereocenters. The normalized spacial score (nSPS) is 11.0. The summed E-state index contributed by atoms with van der Waals surface area (Å²) in [4.78, 5) is 8.79. The Hall–Kier alpha value is -2.72. The van der Waals surface area contributed by atoms with Gasteiger partial charge in [0.2, 0.25) is 0 Å². The molecule has 4 nitrogen and oxygen atoms in total. The third-order valence-electron chi connectivity index (χ3n) is 3.84. The fraction of sp³-hybridized carbons (Fsp3) is 0.0556. The fourth-order valence-corrected chi connectivity index (χ4v) is 2.87. The highest BCUT2D eigenvalue weighted by molar-refractivity contribution is 6.29. The first-order valence-electron chi connectivity index (χ1n) is 7.25. The molecule has 3 heterocycles. The van der Waals surface area contributed by atoms with Crippen molar-refractivity contribution in [2.75, 3.05) is 0 Å². The molecule has 3 aromatic heterocycles. The van der Waals surface area contributed by atoms with E-state index in [0.717, 1.165) is 33.6 Å². The van der Waals surface area contributed by atoms with Gasteiger partial charge in [0.1, 0.15) is 0 Å². The Morgan fingerprint density at radius 3 is 2.61 bits per heavy atom. The molecule has 112 valence electrons. The van der Waals surface area contributed by atoms with E-state index in [-0.39, 0.29) is 0 Å². The smallest absolute Gasteiger partial charge is 0.162 e. The van der Waals surface area contributed by atoms with Crippen molar-refractivity contribution in [3.63, 3.8) is 0 Å². The maximum Gasteiger partial charge on any atom is 0.162 e.